The number of ether oxygens (including phenoxy) is 1. The van der Waals surface area contributed by atoms with Crippen molar-refractivity contribution in [3.05, 3.63) is 0 Å². The van der Waals surface area contributed by atoms with Crippen molar-refractivity contribution < 1.29 is 17.9 Å². The fourth-order valence-corrected chi connectivity index (χ4v) is 4.68. The monoisotopic (exact) mass is 402 g/mol. The average molecular weight is 403 g/mol. The number of carbonyl (C=O) groups excluding carboxylic acids is 1. The summed E-state index contributed by atoms with van der Waals surface area (Å²) in [6.45, 7) is 4.25. The molecule has 156 valence electrons. The quantitative estimate of drug-likeness (QED) is 0.390. The molecule has 0 amide bonds. The third-order valence-corrected chi connectivity index (χ3v) is 6.82. The number of aliphatic imine (C=N–C) groups is 1. The molecule has 2 fully saturated rings. The van der Waals surface area contributed by atoms with E-state index in [4.69, 9.17) is 4.74 Å². The van der Waals surface area contributed by atoms with Crippen LogP contribution in [0.25, 0.3) is 0 Å². The smallest absolute Gasteiger partial charge is 0.308 e. The predicted octanol–water partition coefficient (Wildman–Crippen LogP) is 0.945. The van der Waals surface area contributed by atoms with Gasteiger partial charge in [-0.15, -0.1) is 0 Å². The van der Waals surface area contributed by atoms with Crippen LogP contribution in [0, 0.1) is 11.8 Å². The second-order valence-corrected chi connectivity index (χ2v) is 9.49. The van der Waals surface area contributed by atoms with Crippen molar-refractivity contribution in [1.29, 1.82) is 0 Å². The Hall–Kier alpha value is -1.35. The summed E-state index contributed by atoms with van der Waals surface area (Å²) in [6, 6.07) is 0.314. The molecule has 27 heavy (non-hydrogen) atoms. The van der Waals surface area contributed by atoms with E-state index in [9.17, 15) is 13.2 Å². The normalized spacial score (nSPS) is 25.8. The predicted molar refractivity (Wildman–Crippen MR) is 106 cm³/mol. The lowest BCUT2D eigenvalue weighted by molar-refractivity contribution is -0.149. The Morgan fingerprint density at radius 3 is 2.30 bits per heavy atom. The molecule has 0 aromatic heterocycles. The number of piperidine rings is 1. The lowest BCUT2D eigenvalue weighted by atomic mass is 9.86. The first kappa shape index (κ1) is 21.9. The van der Waals surface area contributed by atoms with E-state index in [1.54, 1.807) is 11.4 Å². The standard InChI is InChI=1S/C18H34N4O4S/c1-4-26-17(23)15-5-7-16(8-6-15)21-18(19-2)20-13-14-9-11-22(12-10-14)27(3,24)25/h14-16H,4-13H2,1-3H3,(H2,19,20,21). The summed E-state index contributed by atoms with van der Waals surface area (Å²) in [7, 11) is -1.32. The lowest BCUT2D eigenvalue weighted by Crippen LogP contribution is -2.47. The fraction of sp³-hybridized carbons (Fsp3) is 0.889. The molecule has 0 aromatic rings. The van der Waals surface area contributed by atoms with E-state index < -0.39 is 10.0 Å². The number of rotatable bonds is 6. The summed E-state index contributed by atoms with van der Waals surface area (Å²) in [5.74, 6) is 1.18. The number of carbonyl (C=O) groups is 1. The summed E-state index contributed by atoms with van der Waals surface area (Å²) in [6.07, 6.45) is 6.54. The molecular formula is C18H34N4O4S. The second-order valence-electron chi connectivity index (χ2n) is 7.50. The van der Waals surface area contributed by atoms with Crippen LogP contribution in [0.5, 0.6) is 0 Å². The van der Waals surface area contributed by atoms with E-state index in [1.165, 1.54) is 6.26 Å². The third-order valence-electron chi connectivity index (χ3n) is 5.51. The van der Waals surface area contributed by atoms with E-state index in [0.717, 1.165) is 51.0 Å². The van der Waals surface area contributed by atoms with Crippen LogP contribution < -0.4 is 10.6 Å². The second kappa shape index (κ2) is 10.3. The van der Waals surface area contributed by atoms with Gasteiger partial charge in [-0.05, 0) is 51.4 Å². The van der Waals surface area contributed by atoms with Gasteiger partial charge in [-0.25, -0.2) is 12.7 Å². The van der Waals surface area contributed by atoms with Crippen LogP contribution in [-0.4, -0.2) is 70.2 Å². The lowest BCUT2D eigenvalue weighted by Gasteiger charge is -2.32. The van der Waals surface area contributed by atoms with Crippen molar-refractivity contribution in [3.63, 3.8) is 0 Å². The molecule has 0 aromatic carbocycles. The highest BCUT2D eigenvalue weighted by Crippen LogP contribution is 2.25. The van der Waals surface area contributed by atoms with Crippen molar-refractivity contribution >= 4 is 22.0 Å². The molecular weight excluding hydrogens is 368 g/mol. The minimum atomic E-state index is -3.07. The average Bonchev–Trinajstić information content (AvgIpc) is 2.65. The van der Waals surface area contributed by atoms with Crippen LogP contribution in [0.2, 0.25) is 0 Å². The molecule has 1 saturated heterocycles. The molecule has 0 bridgehead atoms. The summed E-state index contributed by atoms with van der Waals surface area (Å²) >= 11 is 0. The molecule has 1 heterocycles. The zero-order chi connectivity index (χ0) is 19.9. The molecule has 2 aliphatic rings. The van der Waals surface area contributed by atoms with Gasteiger partial charge in [0.25, 0.3) is 0 Å². The van der Waals surface area contributed by atoms with Crippen LogP contribution in [0.3, 0.4) is 0 Å². The first-order valence-electron chi connectivity index (χ1n) is 9.92. The van der Waals surface area contributed by atoms with Crippen molar-refractivity contribution in [3.8, 4) is 0 Å². The summed E-state index contributed by atoms with van der Waals surface area (Å²) in [4.78, 5) is 16.1. The van der Waals surface area contributed by atoms with Gasteiger partial charge >= 0.3 is 5.97 Å². The Balaban J connectivity index is 1.69. The third kappa shape index (κ3) is 6.95. The van der Waals surface area contributed by atoms with Crippen molar-refractivity contribution in [2.75, 3.05) is 39.5 Å². The zero-order valence-corrected chi connectivity index (χ0v) is 17.6. The molecule has 2 rings (SSSR count). The topological polar surface area (TPSA) is 100 Å². The van der Waals surface area contributed by atoms with E-state index in [-0.39, 0.29) is 11.9 Å². The van der Waals surface area contributed by atoms with Gasteiger partial charge in [0.1, 0.15) is 0 Å². The highest BCUT2D eigenvalue weighted by molar-refractivity contribution is 7.88. The van der Waals surface area contributed by atoms with Crippen LogP contribution in [0.1, 0.15) is 45.4 Å². The Morgan fingerprint density at radius 2 is 1.78 bits per heavy atom. The molecule has 0 radical (unpaired) electrons. The largest absolute Gasteiger partial charge is 0.466 e. The molecule has 0 spiro atoms. The fourth-order valence-electron chi connectivity index (χ4n) is 3.81. The Labute approximate surface area is 163 Å². The molecule has 0 atom stereocenters. The SMILES string of the molecule is CCOC(=O)C1CCC(NC(=NC)NCC2CCN(S(C)(=O)=O)CC2)CC1. The van der Waals surface area contributed by atoms with Crippen molar-refractivity contribution in [1.82, 2.24) is 14.9 Å². The van der Waals surface area contributed by atoms with E-state index in [1.807, 2.05) is 6.92 Å². The van der Waals surface area contributed by atoms with Gasteiger partial charge in [0.2, 0.25) is 10.0 Å². The summed E-state index contributed by atoms with van der Waals surface area (Å²) in [5, 5.41) is 6.82. The number of hydrogen-bond acceptors (Lipinski definition) is 5. The van der Waals surface area contributed by atoms with Crippen molar-refractivity contribution in [2.24, 2.45) is 16.8 Å². The molecule has 0 unspecified atom stereocenters. The maximum absolute atomic E-state index is 11.8. The molecule has 8 nitrogen and oxygen atoms in total. The minimum absolute atomic E-state index is 0.0259. The number of nitrogens with one attached hydrogen (secondary N) is 2. The molecule has 9 heteroatoms. The van der Waals surface area contributed by atoms with Gasteiger partial charge in [0, 0.05) is 32.7 Å². The number of sulfonamides is 1. The van der Waals surface area contributed by atoms with Gasteiger partial charge in [0.15, 0.2) is 5.96 Å². The Morgan fingerprint density at radius 1 is 1.15 bits per heavy atom. The number of guanidine groups is 1. The van der Waals surface area contributed by atoms with E-state index in [2.05, 4.69) is 15.6 Å². The van der Waals surface area contributed by atoms with Gasteiger partial charge in [-0.2, -0.15) is 0 Å². The maximum Gasteiger partial charge on any atom is 0.308 e. The highest BCUT2D eigenvalue weighted by atomic mass is 32.2. The minimum Gasteiger partial charge on any atom is -0.466 e. The molecule has 1 aliphatic carbocycles. The van der Waals surface area contributed by atoms with Gasteiger partial charge in [-0.1, -0.05) is 0 Å². The van der Waals surface area contributed by atoms with Crippen LogP contribution in [0.15, 0.2) is 4.99 Å². The first-order chi connectivity index (χ1) is 12.8. The zero-order valence-electron chi connectivity index (χ0n) is 16.7. The van der Waals surface area contributed by atoms with Gasteiger partial charge in [-0.3, -0.25) is 9.79 Å². The number of nitrogens with zero attached hydrogens (tertiary/aromatic N) is 2. The first-order valence-corrected chi connectivity index (χ1v) is 11.8. The van der Waals surface area contributed by atoms with Crippen LogP contribution in [0.4, 0.5) is 0 Å². The van der Waals surface area contributed by atoms with Gasteiger partial charge < -0.3 is 15.4 Å². The molecule has 1 saturated carbocycles. The maximum atomic E-state index is 11.8. The Bertz CT molecular complexity index is 607. The summed E-state index contributed by atoms with van der Waals surface area (Å²) in [5.41, 5.74) is 0. The van der Waals surface area contributed by atoms with Crippen LogP contribution in [-0.2, 0) is 19.6 Å². The van der Waals surface area contributed by atoms with Crippen LogP contribution >= 0.6 is 0 Å². The number of hydrogen-bond donors (Lipinski definition) is 2. The molecule has 2 N–H and O–H groups in total. The van der Waals surface area contributed by atoms with E-state index >= 15 is 0 Å². The Kier molecular flexibility index (Phi) is 8.34. The van der Waals surface area contributed by atoms with E-state index in [0.29, 0.717) is 31.7 Å². The van der Waals surface area contributed by atoms with Crippen molar-refractivity contribution in [2.45, 2.75) is 51.5 Å². The molecule has 1 aliphatic heterocycles. The number of esters is 1. The van der Waals surface area contributed by atoms with Gasteiger partial charge in [0.05, 0.1) is 18.8 Å². The summed E-state index contributed by atoms with van der Waals surface area (Å²) < 4.78 is 29.8. The highest BCUT2D eigenvalue weighted by Gasteiger charge is 2.28.